The normalized spacial score (nSPS) is 10.5. The van der Waals surface area contributed by atoms with Gasteiger partial charge in [-0.1, -0.05) is 12.1 Å². The van der Waals surface area contributed by atoms with Gasteiger partial charge >= 0.3 is 0 Å². The van der Waals surface area contributed by atoms with Crippen molar-refractivity contribution in [2.75, 3.05) is 19.0 Å². The molecule has 0 radical (unpaired) electrons. The average molecular weight is 367 g/mol. The number of aliphatic hydroxyl groups is 1. The van der Waals surface area contributed by atoms with Gasteiger partial charge in [0, 0.05) is 11.3 Å². The maximum absolute atomic E-state index is 12.2. The summed E-state index contributed by atoms with van der Waals surface area (Å²) in [6.45, 7) is 1.65. The monoisotopic (exact) mass is 367 g/mol. The zero-order valence-corrected chi connectivity index (χ0v) is 15.2. The molecule has 0 aliphatic rings. The van der Waals surface area contributed by atoms with Gasteiger partial charge in [-0.2, -0.15) is 0 Å². The Hall–Kier alpha value is -3.25. The number of anilines is 1. The van der Waals surface area contributed by atoms with Gasteiger partial charge in [-0.05, 0) is 55.0 Å². The van der Waals surface area contributed by atoms with Gasteiger partial charge < -0.3 is 24.3 Å². The summed E-state index contributed by atoms with van der Waals surface area (Å²) < 4.78 is 16.1. The summed E-state index contributed by atoms with van der Waals surface area (Å²) in [6.07, 6.45) is 0. The van der Waals surface area contributed by atoms with Gasteiger partial charge in [0.15, 0.2) is 6.61 Å². The predicted molar refractivity (Wildman–Crippen MR) is 102 cm³/mol. The summed E-state index contributed by atoms with van der Waals surface area (Å²) in [5.74, 6) is 2.17. The Balaban J connectivity index is 1.65. The van der Waals surface area contributed by atoms with Crippen LogP contribution in [0.15, 0.2) is 59.0 Å². The maximum Gasteiger partial charge on any atom is 0.262 e. The van der Waals surface area contributed by atoms with Gasteiger partial charge in [-0.15, -0.1) is 0 Å². The molecular formula is C21H21NO5. The van der Waals surface area contributed by atoms with E-state index >= 15 is 0 Å². The van der Waals surface area contributed by atoms with E-state index in [2.05, 4.69) is 5.32 Å². The van der Waals surface area contributed by atoms with Crippen LogP contribution in [0.3, 0.4) is 0 Å². The molecule has 6 heteroatoms. The molecular weight excluding hydrogens is 346 g/mol. The lowest BCUT2D eigenvalue weighted by molar-refractivity contribution is -0.118. The van der Waals surface area contributed by atoms with Crippen LogP contribution >= 0.6 is 0 Å². The van der Waals surface area contributed by atoms with E-state index in [0.717, 1.165) is 16.9 Å². The Labute approximate surface area is 157 Å². The Bertz CT molecular complexity index is 915. The molecule has 1 aromatic heterocycles. The number of furan rings is 1. The second-order valence-corrected chi connectivity index (χ2v) is 5.97. The molecule has 0 aliphatic heterocycles. The van der Waals surface area contributed by atoms with Crippen molar-refractivity contribution in [3.05, 3.63) is 65.9 Å². The fraction of sp³-hybridized carbons (Fsp3) is 0.190. The number of ether oxygens (including phenoxy) is 2. The molecule has 140 valence electrons. The molecule has 0 spiro atoms. The van der Waals surface area contributed by atoms with E-state index in [1.165, 1.54) is 0 Å². The van der Waals surface area contributed by atoms with E-state index in [0.29, 0.717) is 23.0 Å². The van der Waals surface area contributed by atoms with Crippen LogP contribution in [0.1, 0.15) is 11.3 Å². The number of nitrogens with one attached hydrogen (secondary N) is 1. The third-order valence-corrected chi connectivity index (χ3v) is 4.04. The van der Waals surface area contributed by atoms with Crippen molar-refractivity contribution < 1.29 is 23.8 Å². The molecule has 27 heavy (non-hydrogen) atoms. The van der Waals surface area contributed by atoms with Crippen molar-refractivity contribution in [2.45, 2.75) is 13.5 Å². The highest BCUT2D eigenvalue weighted by atomic mass is 16.5. The van der Waals surface area contributed by atoms with Crippen molar-refractivity contribution in [2.24, 2.45) is 0 Å². The van der Waals surface area contributed by atoms with Crippen molar-refractivity contribution >= 4 is 11.6 Å². The molecule has 0 aliphatic carbocycles. The predicted octanol–water partition coefficient (Wildman–Crippen LogP) is 3.77. The molecule has 0 saturated carbocycles. The molecule has 2 N–H and O–H groups in total. The number of hydrogen-bond acceptors (Lipinski definition) is 5. The second-order valence-electron chi connectivity index (χ2n) is 5.97. The van der Waals surface area contributed by atoms with Crippen molar-refractivity contribution in [1.29, 1.82) is 0 Å². The number of methoxy groups -OCH3 is 1. The van der Waals surface area contributed by atoms with Gasteiger partial charge in [-0.25, -0.2) is 0 Å². The zero-order valence-electron chi connectivity index (χ0n) is 15.2. The van der Waals surface area contributed by atoms with Crippen LogP contribution in [-0.2, 0) is 11.4 Å². The van der Waals surface area contributed by atoms with Crippen LogP contribution in [0.2, 0.25) is 0 Å². The van der Waals surface area contributed by atoms with Gasteiger partial charge in [0.2, 0.25) is 0 Å². The highest BCUT2D eigenvalue weighted by Gasteiger charge is 2.10. The topological polar surface area (TPSA) is 80.9 Å². The van der Waals surface area contributed by atoms with Crippen LogP contribution in [0.4, 0.5) is 5.69 Å². The van der Waals surface area contributed by atoms with E-state index in [4.69, 9.17) is 19.0 Å². The van der Waals surface area contributed by atoms with Gasteiger partial charge in [0.1, 0.15) is 29.6 Å². The lowest BCUT2D eigenvalue weighted by Crippen LogP contribution is -2.20. The molecule has 1 amide bonds. The molecule has 3 aromatic rings. The van der Waals surface area contributed by atoms with Crippen molar-refractivity contribution in [1.82, 2.24) is 0 Å². The second kappa shape index (κ2) is 8.42. The number of hydrogen-bond donors (Lipinski definition) is 2. The number of rotatable bonds is 7. The molecule has 0 atom stereocenters. The first-order chi connectivity index (χ1) is 13.1. The molecule has 0 unspecified atom stereocenters. The third kappa shape index (κ3) is 4.68. The van der Waals surface area contributed by atoms with Crippen LogP contribution in [0.5, 0.6) is 11.5 Å². The minimum atomic E-state index is -0.262. The first-order valence-electron chi connectivity index (χ1n) is 8.46. The summed E-state index contributed by atoms with van der Waals surface area (Å²) in [4.78, 5) is 12.2. The van der Waals surface area contributed by atoms with E-state index in [1.54, 1.807) is 43.5 Å². The third-order valence-electron chi connectivity index (χ3n) is 4.04. The number of carbonyl (C=O) groups is 1. The highest BCUT2D eigenvalue weighted by molar-refractivity contribution is 5.93. The summed E-state index contributed by atoms with van der Waals surface area (Å²) >= 11 is 0. The van der Waals surface area contributed by atoms with E-state index in [9.17, 15) is 4.79 Å². The molecule has 6 nitrogen and oxygen atoms in total. The summed E-state index contributed by atoms with van der Waals surface area (Å²) in [7, 11) is 1.59. The van der Waals surface area contributed by atoms with Gasteiger partial charge in [0.25, 0.3) is 5.91 Å². The van der Waals surface area contributed by atoms with E-state index in [-0.39, 0.29) is 19.1 Å². The smallest absolute Gasteiger partial charge is 0.262 e. The minimum absolute atomic E-state index is 0.106. The van der Waals surface area contributed by atoms with E-state index < -0.39 is 0 Å². The standard InChI is InChI=1S/C21H21NO5/c1-14-3-4-15(20-10-9-18(12-23)27-20)11-19(14)22-21(24)13-26-17-7-5-16(25-2)6-8-17/h3-11,23H,12-13H2,1-2H3,(H,22,24). The number of carbonyl (C=O) groups excluding carboxylic acids is 1. The Morgan fingerprint density at radius 3 is 2.48 bits per heavy atom. The quantitative estimate of drug-likeness (QED) is 0.664. The fourth-order valence-corrected chi connectivity index (χ4v) is 2.54. The zero-order chi connectivity index (χ0) is 19.2. The number of aryl methyl sites for hydroxylation is 1. The lowest BCUT2D eigenvalue weighted by Gasteiger charge is -2.11. The van der Waals surface area contributed by atoms with Crippen molar-refractivity contribution in [3.63, 3.8) is 0 Å². The molecule has 2 aromatic carbocycles. The minimum Gasteiger partial charge on any atom is -0.497 e. The fourth-order valence-electron chi connectivity index (χ4n) is 2.54. The molecule has 1 heterocycles. The van der Waals surface area contributed by atoms with Crippen LogP contribution in [0, 0.1) is 6.92 Å². The molecule has 0 saturated heterocycles. The Morgan fingerprint density at radius 1 is 1.07 bits per heavy atom. The Morgan fingerprint density at radius 2 is 1.81 bits per heavy atom. The summed E-state index contributed by atoms with van der Waals surface area (Å²) in [5.41, 5.74) is 2.41. The largest absolute Gasteiger partial charge is 0.497 e. The first-order valence-corrected chi connectivity index (χ1v) is 8.46. The van der Waals surface area contributed by atoms with Gasteiger partial charge in [-0.3, -0.25) is 4.79 Å². The maximum atomic E-state index is 12.2. The average Bonchev–Trinajstić information content (AvgIpc) is 3.18. The molecule has 0 bridgehead atoms. The number of benzene rings is 2. The SMILES string of the molecule is COc1ccc(OCC(=O)Nc2cc(-c3ccc(CO)o3)ccc2C)cc1. The summed E-state index contributed by atoms with van der Waals surface area (Å²) in [6, 6.07) is 16.2. The number of amides is 1. The van der Waals surface area contributed by atoms with Gasteiger partial charge in [0.05, 0.1) is 7.11 Å². The summed E-state index contributed by atoms with van der Waals surface area (Å²) in [5, 5.41) is 12.0. The Kier molecular flexibility index (Phi) is 5.78. The van der Waals surface area contributed by atoms with Crippen LogP contribution in [0.25, 0.3) is 11.3 Å². The van der Waals surface area contributed by atoms with Crippen LogP contribution in [-0.4, -0.2) is 24.7 Å². The molecule has 3 rings (SSSR count). The van der Waals surface area contributed by atoms with Crippen LogP contribution < -0.4 is 14.8 Å². The molecule has 0 fully saturated rings. The van der Waals surface area contributed by atoms with Crippen molar-refractivity contribution in [3.8, 4) is 22.8 Å². The number of aliphatic hydroxyl groups excluding tert-OH is 1. The first kappa shape index (κ1) is 18.5. The highest BCUT2D eigenvalue weighted by Crippen LogP contribution is 2.27. The lowest BCUT2D eigenvalue weighted by atomic mass is 10.1. The van der Waals surface area contributed by atoms with E-state index in [1.807, 2.05) is 25.1 Å².